The number of rotatable bonds is 5. The van der Waals surface area contributed by atoms with Crippen LogP contribution in [0.3, 0.4) is 0 Å². The number of hydrogen-bond donors (Lipinski definition) is 0. The lowest BCUT2D eigenvalue weighted by molar-refractivity contribution is 0.0501. The van der Waals surface area contributed by atoms with Gasteiger partial charge in [0.2, 0.25) is 5.78 Å². The highest BCUT2D eigenvalue weighted by molar-refractivity contribution is 5.94. The van der Waals surface area contributed by atoms with Gasteiger partial charge >= 0.3 is 0 Å². The summed E-state index contributed by atoms with van der Waals surface area (Å²) in [5, 5.41) is 0. The van der Waals surface area contributed by atoms with E-state index in [1.807, 2.05) is 30.2 Å². The van der Waals surface area contributed by atoms with E-state index >= 15 is 0 Å². The zero-order chi connectivity index (χ0) is 18.8. The van der Waals surface area contributed by atoms with Crippen LogP contribution in [0.2, 0.25) is 0 Å². The van der Waals surface area contributed by atoms with E-state index < -0.39 is 0 Å². The van der Waals surface area contributed by atoms with E-state index in [1.54, 1.807) is 10.6 Å². The fraction of sp³-hybridized carbons (Fsp3) is 0.381. The maximum absolute atomic E-state index is 13.5. The molecular weight excluding hydrogens is 340 g/mol. The van der Waals surface area contributed by atoms with Gasteiger partial charge < -0.3 is 9.64 Å². The van der Waals surface area contributed by atoms with Crippen LogP contribution < -0.4 is 0 Å². The predicted molar refractivity (Wildman–Crippen MR) is 103 cm³/mol. The molecule has 1 aliphatic heterocycles. The van der Waals surface area contributed by atoms with Crippen LogP contribution in [0.4, 0.5) is 0 Å². The maximum Gasteiger partial charge on any atom is 0.273 e. The molecule has 0 bridgehead atoms. The van der Waals surface area contributed by atoms with Gasteiger partial charge in [0.15, 0.2) is 0 Å². The molecule has 3 aromatic rings. The van der Waals surface area contributed by atoms with Crippen molar-refractivity contribution in [2.24, 2.45) is 0 Å². The normalized spacial score (nSPS) is 16.7. The third-order valence-electron chi connectivity index (χ3n) is 4.97. The number of benzene rings is 1. The first kappa shape index (κ1) is 17.7. The van der Waals surface area contributed by atoms with Crippen molar-refractivity contribution in [2.75, 3.05) is 13.2 Å². The van der Waals surface area contributed by atoms with Crippen LogP contribution in [0.1, 0.15) is 40.2 Å². The lowest BCUT2D eigenvalue weighted by atomic mass is 10.1. The molecule has 0 radical (unpaired) electrons. The van der Waals surface area contributed by atoms with Crippen molar-refractivity contribution in [3.63, 3.8) is 0 Å². The first-order valence-electron chi connectivity index (χ1n) is 9.38. The number of amides is 1. The quantitative estimate of drug-likeness (QED) is 0.698. The molecule has 1 atom stereocenters. The maximum atomic E-state index is 13.5. The number of imidazole rings is 1. The average molecular weight is 364 g/mol. The molecule has 6 heteroatoms. The first-order valence-corrected chi connectivity index (χ1v) is 9.38. The Bertz CT molecular complexity index is 960. The highest BCUT2D eigenvalue weighted by Crippen LogP contribution is 2.19. The number of hydrogen-bond acceptors (Lipinski definition) is 4. The molecule has 1 saturated heterocycles. The zero-order valence-electron chi connectivity index (χ0n) is 15.8. The first-order chi connectivity index (χ1) is 13.1. The largest absolute Gasteiger partial charge is 0.376 e. The summed E-state index contributed by atoms with van der Waals surface area (Å²) in [6.07, 6.45) is 5.66. The number of fused-ring (bicyclic) bond motifs is 1. The fourth-order valence-electron chi connectivity index (χ4n) is 3.69. The minimum atomic E-state index is -0.0370. The third kappa shape index (κ3) is 3.71. The van der Waals surface area contributed by atoms with Crippen LogP contribution in [0.5, 0.6) is 0 Å². The van der Waals surface area contributed by atoms with Crippen LogP contribution >= 0.6 is 0 Å². The Morgan fingerprint density at radius 1 is 1.33 bits per heavy atom. The van der Waals surface area contributed by atoms with Gasteiger partial charge in [0.05, 0.1) is 11.8 Å². The molecule has 0 unspecified atom stereocenters. The molecule has 0 spiro atoms. The Morgan fingerprint density at radius 2 is 2.22 bits per heavy atom. The minimum Gasteiger partial charge on any atom is -0.376 e. The lowest BCUT2D eigenvalue weighted by Gasteiger charge is -2.26. The molecule has 140 valence electrons. The Morgan fingerprint density at radius 3 is 3.00 bits per heavy atom. The predicted octanol–water partition coefficient (Wildman–Crippen LogP) is 3.17. The van der Waals surface area contributed by atoms with Crippen LogP contribution in [-0.2, 0) is 11.3 Å². The van der Waals surface area contributed by atoms with E-state index in [2.05, 4.69) is 35.1 Å². The van der Waals surface area contributed by atoms with Crippen molar-refractivity contribution in [1.29, 1.82) is 0 Å². The highest BCUT2D eigenvalue weighted by Gasteiger charge is 2.27. The number of carbonyl (C=O) groups excluding carboxylic acids is 1. The van der Waals surface area contributed by atoms with Crippen molar-refractivity contribution in [3.8, 4) is 0 Å². The SMILES string of the molecule is Cc1cccc(CN(C[C@H]2CCCO2)C(=O)c2c(C)nc3ncccn23)c1. The second-order valence-electron chi connectivity index (χ2n) is 7.15. The number of aryl methyl sites for hydroxylation is 2. The molecule has 1 amide bonds. The Labute approximate surface area is 158 Å². The summed E-state index contributed by atoms with van der Waals surface area (Å²) in [4.78, 5) is 24.1. The molecule has 6 nitrogen and oxygen atoms in total. The van der Waals surface area contributed by atoms with Crippen LogP contribution in [-0.4, -0.2) is 44.4 Å². The summed E-state index contributed by atoms with van der Waals surface area (Å²) in [5.74, 6) is 0.510. The second-order valence-corrected chi connectivity index (χ2v) is 7.15. The third-order valence-corrected chi connectivity index (χ3v) is 4.97. The van der Waals surface area contributed by atoms with Crippen molar-refractivity contribution in [1.82, 2.24) is 19.3 Å². The van der Waals surface area contributed by atoms with Gasteiger partial charge in [0.1, 0.15) is 5.69 Å². The summed E-state index contributed by atoms with van der Waals surface area (Å²) in [7, 11) is 0. The van der Waals surface area contributed by atoms with Crippen molar-refractivity contribution >= 4 is 11.7 Å². The fourth-order valence-corrected chi connectivity index (χ4v) is 3.69. The molecule has 27 heavy (non-hydrogen) atoms. The summed E-state index contributed by atoms with van der Waals surface area (Å²) < 4.78 is 7.58. The lowest BCUT2D eigenvalue weighted by Crippen LogP contribution is -2.37. The van der Waals surface area contributed by atoms with Gasteiger partial charge in [-0.3, -0.25) is 9.20 Å². The van der Waals surface area contributed by atoms with E-state index in [-0.39, 0.29) is 12.0 Å². The average Bonchev–Trinajstić information content (AvgIpc) is 3.27. The van der Waals surface area contributed by atoms with Crippen molar-refractivity contribution in [2.45, 2.75) is 39.3 Å². The molecule has 0 N–H and O–H groups in total. The molecule has 2 aromatic heterocycles. The monoisotopic (exact) mass is 364 g/mol. The molecule has 1 aliphatic rings. The molecular formula is C21H24N4O2. The van der Waals surface area contributed by atoms with E-state index in [0.29, 0.717) is 30.3 Å². The van der Waals surface area contributed by atoms with Crippen LogP contribution in [0, 0.1) is 13.8 Å². The molecule has 3 heterocycles. The highest BCUT2D eigenvalue weighted by atomic mass is 16.5. The van der Waals surface area contributed by atoms with Gasteiger partial charge in [-0.15, -0.1) is 0 Å². The second kappa shape index (κ2) is 7.48. The van der Waals surface area contributed by atoms with E-state index in [9.17, 15) is 4.79 Å². The molecule has 0 saturated carbocycles. The van der Waals surface area contributed by atoms with Crippen LogP contribution in [0.15, 0.2) is 42.7 Å². The van der Waals surface area contributed by atoms with E-state index in [4.69, 9.17) is 4.74 Å². The number of nitrogens with zero attached hydrogens (tertiary/aromatic N) is 4. The van der Waals surface area contributed by atoms with Crippen molar-refractivity contribution < 1.29 is 9.53 Å². The summed E-state index contributed by atoms with van der Waals surface area (Å²) in [6, 6.07) is 10.1. The minimum absolute atomic E-state index is 0.0370. The molecule has 1 aromatic carbocycles. The van der Waals surface area contributed by atoms with Gasteiger partial charge in [-0.1, -0.05) is 29.8 Å². The Kier molecular flexibility index (Phi) is 4.90. The molecule has 0 aliphatic carbocycles. The molecule has 1 fully saturated rings. The topological polar surface area (TPSA) is 59.7 Å². The standard InChI is InChI=1S/C21H24N4O2/c1-15-6-3-7-17(12-15)13-24(14-18-8-4-11-27-18)20(26)19-16(2)23-21-22-9-5-10-25(19)21/h3,5-7,9-10,12,18H,4,8,11,13-14H2,1-2H3/t18-/m1/s1. The van der Waals surface area contributed by atoms with Gasteiger partial charge in [-0.05, 0) is 38.3 Å². The summed E-state index contributed by atoms with van der Waals surface area (Å²) in [6.45, 7) is 5.83. The molecule has 4 rings (SSSR count). The summed E-state index contributed by atoms with van der Waals surface area (Å²) >= 11 is 0. The smallest absolute Gasteiger partial charge is 0.273 e. The summed E-state index contributed by atoms with van der Waals surface area (Å²) in [5.41, 5.74) is 3.57. The zero-order valence-corrected chi connectivity index (χ0v) is 15.8. The number of aromatic nitrogens is 3. The van der Waals surface area contributed by atoms with Gasteiger partial charge in [0, 0.05) is 32.1 Å². The number of ether oxygens (including phenoxy) is 1. The van der Waals surface area contributed by atoms with Gasteiger partial charge in [0.25, 0.3) is 5.91 Å². The van der Waals surface area contributed by atoms with Gasteiger partial charge in [-0.25, -0.2) is 9.97 Å². The van der Waals surface area contributed by atoms with Crippen LogP contribution in [0.25, 0.3) is 5.78 Å². The Balaban J connectivity index is 1.67. The Hall–Kier alpha value is -2.73. The van der Waals surface area contributed by atoms with E-state index in [0.717, 1.165) is 25.0 Å². The van der Waals surface area contributed by atoms with Crippen molar-refractivity contribution in [3.05, 3.63) is 65.2 Å². The van der Waals surface area contributed by atoms with E-state index in [1.165, 1.54) is 5.56 Å². The number of carbonyl (C=O) groups is 1. The van der Waals surface area contributed by atoms with Gasteiger partial charge in [-0.2, -0.15) is 0 Å².